The summed E-state index contributed by atoms with van der Waals surface area (Å²) in [5.41, 5.74) is -0.767. The van der Waals surface area contributed by atoms with E-state index in [9.17, 15) is 9.59 Å². The van der Waals surface area contributed by atoms with Crippen LogP contribution in [0.15, 0.2) is 30.3 Å². The van der Waals surface area contributed by atoms with Crippen LogP contribution in [0.5, 0.6) is 5.75 Å². The normalized spacial score (nSPS) is 22.5. The molecule has 0 aromatic heterocycles. The van der Waals surface area contributed by atoms with Crippen LogP contribution < -0.4 is 10.1 Å². The molecule has 0 radical (unpaired) electrons. The van der Waals surface area contributed by atoms with Crippen molar-refractivity contribution >= 4 is 11.9 Å². The van der Waals surface area contributed by atoms with Gasteiger partial charge in [-0.05, 0) is 25.5 Å². The standard InChI is InChI=1S/C14H18N2O3/c1-3-14(2)12(17)15-13(18)16(14)9-10-19-11-7-5-4-6-8-11/h4-8H,3,9-10H2,1-2H3,(H,15,17,18). The Hall–Kier alpha value is -2.04. The van der Waals surface area contributed by atoms with E-state index < -0.39 is 5.54 Å². The first kappa shape index (κ1) is 13.4. The predicted molar refractivity (Wildman–Crippen MR) is 70.9 cm³/mol. The maximum Gasteiger partial charge on any atom is 0.325 e. The van der Waals surface area contributed by atoms with E-state index >= 15 is 0 Å². The fourth-order valence-electron chi connectivity index (χ4n) is 2.12. The van der Waals surface area contributed by atoms with Gasteiger partial charge in [-0.2, -0.15) is 0 Å². The second-order valence-corrected chi connectivity index (χ2v) is 4.70. The summed E-state index contributed by atoms with van der Waals surface area (Å²) < 4.78 is 5.56. The molecule has 0 bridgehead atoms. The van der Waals surface area contributed by atoms with Gasteiger partial charge in [0.1, 0.15) is 17.9 Å². The minimum atomic E-state index is -0.767. The number of ether oxygens (including phenoxy) is 1. The molecular weight excluding hydrogens is 244 g/mol. The first-order chi connectivity index (χ1) is 9.08. The number of hydrogen-bond donors (Lipinski definition) is 1. The molecule has 19 heavy (non-hydrogen) atoms. The summed E-state index contributed by atoms with van der Waals surface area (Å²) in [5.74, 6) is 0.520. The summed E-state index contributed by atoms with van der Waals surface area (Å²) >= 11 is 0. The Labute approximate surface area is 112 Å². The fourth-order valence-corrected chi connectivity index (χ4v) is 2.12. The van der Waals surface area contributed by atoms with E-state index in [2.05, 4.69) is 5.32 Å². The second kappa shape index (κ2) is 5.30. The molecule has 0 spiro atoms. The third kappa shape index (κ3) is 2.54. The molecule has 0 aliphatic carbocycles. The Morgan fingerprint density at radius 2 is 1.95 bits per heavy atom. The second-order valence-electron chi connectivity index (χ2n) is 4.70. The lowest BCUT2D eigenvalue weighted by Crippen LogP contribution is -2.48. The van der Waals surface area contributed by atoms with Crippen LogP contribution in [0.25, 0.3) is 0 Å². The molecule has 102 valence electrons. The topological polar surface area (TPSA) is 58.6 Å². The van der Waals surface area contributed by atoms with E-state index in [1.807, 2.05) is 37.3 Å². The Morgan fingerprint density at radius 3 is 2.58 bits per heavy atom. The number of rotatable bonds is 5. The molecule has 1 unspecified atom stereocenters. The summed E-state index contributed by atoms with van der Waals surface area (Å²) in [5, 5.41) is 2.35. The zero-order chi connectivity index (χ0) is 13.9. The minimum absolute atomic E-state index is 0.236. The molecule has 2 rings (SSSR count). The molecule has 1 aromatic rings. The third-order valence-electron chi connectivity index (χ3n) is 3.57. The number of urea groups is 1. The molecule has 5 heteroatoms. The highest BCUT2D eigenvalue weighted by Gasteiger charge is 2.47. The van der Waals surface area contributed by atoms with Crippen LogP contribution in [0.1, 0.15) is 20.3 Å². The Morgan fingerprint density at radius 1 is 1.26 bits per heavy atom. The van der Waals surface area contributed by atoms with Gasteiger partial charge in [0.2, 0.25) is 0 Å². The quantitative estimate of drug-likeness (QED) is 0.823. The van der Waals surface area contributed by atoms with Gasteiger partial charge in [-0.3, -0.25) is 10.1 Å². The van der Waals surface area contributed by atoms with Crippen LogP contribution in [-0.2, 0) is 4.79 Å². The molecule has 5 nitrogen and oxygen atoms in total. The predicted octanol–water partition coefficient (Wildman–Crippen LogP) is 1.79. The fraction of sp³-hybridized carbons (Fsp3) is 0.429. The zero-order valence-electron chi connectivity index (χ0n) is 11.2. The molecule has 1 atom stereocenters. The van der Waals surface area contributed by atoms with Crippen molar-refractivity contribution in [1.82, 2.24) is 10.2 Å². The maximum atomic E-state index is 11.8. The average Bonchev–Trinajstić information content (AvgIpc) is 2.64. The van der Waals surface area contributed by atoms with E-state index in [-0.39, 0.29) is 11.9 Å². The van der Waals surface area contributed by atoms with E-state index in [4.69, 9.17) is 4.74 Å². The lowest BCUT2D eigenvalue weighted by Gasteiger charge is -2.30. The van der Waals surface area contributed by atoms with Gasteiger partial charge in [0, 0.05) is 0 Å². The molecule has 3 amide bonds. The van der Waals surface area contributed by atoms with Gasteiger partial charge >= 0.3 is 6.03 Å². The lowest BCUT2D eigenvalue weighted by atomic mass is 9.97. The highest BCUT2D eigenvalue weighted by Crippen LogP contribution is 2.24. The van der Waals surface area contributed by atoms with Crippen molar-refractivity contribution < 1.29 is 14.3 Å². The van der Waals surface area contributed by atoms with Gasteiger partial charge in [-0.25, -0.2) is 4.79 Å². The van der Waals surface area contributed by atoms with Crippen LogP contribution in [0.4, 0.5) is 4.79 Å². The molecule has 1 fully saturated rings. The molecular formula is C14H18N2O3. The van der Waals surface area contributed by atoms with Gasteiger partial charge < -0.3 is 9.64 Å². The van der Waals surface area contributed by atoms with Gasteiger partial charge in [0.25, 0.3) is 5.91 Å². The van der Waals surface area contributed by atoms with E-state index in [1.165, 1.54) is 4.90 Å². The average molecular weight is 262 g/mol. The van der Waals surface area contributed by atoms with Crippen LogP contribution in [-0.4, -0.2) is 35.5 Å². The van der Waals surface area contributed by atoms with Gasteiger partial charge in [-0.1, -0.05) is 25.1 Å². The lowest BCUT2D eigenvalue weighted by molar-refractivity contribution is -0.126. The van der Waals surface area contributed by atoms with Crippen molar-refractivity contribution in [1.29, 1.82) is 0 Å². The molecule has 1 aliphatic rings. The molecule has 1 aliphatic heterocycles. The van der Waals surface area contributed by atoms with E-state index in [0.29, 0.717) is 19.6 Å². The number of nitrogens with one attached hydrogen (secondary N) is 1. The van der Waals surface area contributed by atoms with Crippen molar-refractivity contribution in [3.05, 3.63) is 30.3 Å². The minimum Gasteiger partial charge on any atom is -0.492 e. The van der Waals surface area contributed by atoms with Crippen LogP contribution in [0.2, 0.25) is 0 Å². The van der Waals surface area contributed by atoms with E-state index in [0.717, 1.165) is 5.75 Å². The highest BCUT2D eigenvalue weighted by molar-refractivity contribution is 6.06. The van der Waals surface area contributed by atoms with Gasteiger partial charge in [0.05, 0.1) is 6.54 Å². The number of imide groups is 1. The third-order valence-corrected chi connectivity index (χ3v) is 3.57. The summed E-state index contributed by atoms with van der Waals surface area (Å²) in [6, 6.07) is 9.05. The van der Waals surface area contributed by atoms with Crippen LogP contribution >= 0.6 is 0 Å². The molecule has 1 saturated heterocycles. The Balaban J connectivity index is 1.95. The molecule has 0 saturated carbocycles. The number of benzene rings is 1. The van der Waals surface area contributed by atoms with Crippen molar-refractivity contribution in [2.45, 2.75) is 25.8 Å². The number of carbonyl (C=O) groups excluding carboxylic acids is 2. The van der Waals surface area contributed by atoms with E-state index in [1.54, 1.807) is 6.92 Å². The SMILES string of the molecule is CCC1(C)C(=O)NC(=O)N1CCOc1ccccc1. The summed E-state index contributed by atoms with van der Waals surface area (Å²) in [6.45, 7) is 4.41. The number of carbonyl (C=O) groups is 2. The van der Waals surface area contributed by atoms with Crippen molar-refractivity contribution in [3.8, 4) is 5.75 Å². The van der Waals surface area contributed by atoms with Crippen molar-refractivity contribution in [2.24, 2.45) is 0 Å². The summed E-state index contributed by atoms with van der Waals surface area (Å²) in [7, 11) is 0. The van der Waals surface area contributed by atoms with Gasteiger partial charge in [-0.15, -0.1) is 0 Å². The largest absolute Gasteiger partial charge is 0.492 e. The molecule has 1 N–H and O–H groups in total. The summed E-state index contributed by atoms with van der Waals surface area (Å²) in [6.07, 6.45) is 0.579. The van der Waals surface area contributed by atoms with Crippen LogP contribution in [0, 0.1) is 0 Å². The highest BCUT2D eigenvalue weighted by atomic mass is 16.5. The smallest absolute Gasteiger partial charge is 0.325 e. The zero-order valence-corrected chi connectivity index (χ0v) is 11.2. The monoisotopic (exact) mass is 262 g/mol. The Bertz CT molecular complexity index is 475. The first-order valence-corrected chi connectivity index (χ1v) is 6.39. The summed E-state index contributed by atoms with van der Waals surface area (Å²) in [4.78, 5) is 25.0. The maximum absolute atomic E-state index is 11.8. The van der Waals surface area contributed by atoms with Gasteiger partial charge in [0.15, 0.2) is 0 Å². The number of para-hydroxylation sites is 1. The molecule has 1 heterocycles. The Kier molecular flexibility index (Phi) is 3.74. The van der Waals surface area contributed by atoms with Crippen LogP contribution in [0.3, 0.4) is 0 Å². The number of nitrogens with zero attached hydrogens (tertiary/aromatic N) is 1. The molecule has 1 aromatic carbocycles. The number of amides is 3. The van der Waals surface area contributed by atoms with Crippen molar-refractivity contribution in [3.63, 3.8) is 0 Å². The first-order valence-electron chi connectivity index (χ1n) is 6.39. The van der Waals surface area contributed by atoms with Crippen molar-refractivity contribution in [2.75, 3.05) is 13.2 Å². The number of hydrogen-bond acceptors (Lipinski definition) is 3.